The molecule has 5 nitrogen and oxygen atoms in total. The lowest BCUT2D eigenvalue weighted by molar-refractivity contribution is 0.187. The molecule has 1 rings (SSSR count). The summed E-state index contributed by atoms with van der Waals surface area (Å²) >= 11 is 0. The molecule has 0 amide bonds. The van der Waals surface area contributed by atoms with E-state index in [1.807, 2.05) is 6.92 Å². The second-order valence-corrected chi connectivity index (χ2v) is 5.59. The number of hydrogen-bond donors (Lipinski definition) is 2. The van der Waals surface area contributed by atoms with Crippen molar-refractivity contribution in [3.8, 4) is 0 Å². The summed E-state index contributed by atoms with van der Waals surface area (Å²) in [5.41, 5.74) is 5.67. The van der Waals surface area contributed by atoms with E-state index in [0.29, 0.717) is 13.1 Å². The highest BCUT2D eigenvalue weighted by Gasteiger charge is 2.33. The third kappa shape index (κ3) is 3.14. The smallest absolute Gasteiger partial charge is 0.277 e. The van der Waals surface area contributed by atoms with E-state index in [9.17, 15) is 8.42 Å². The van der Waals surface area contributed by atoms with Gasteiger partial charge in [-0.2, -0.15) is 12.7 Å². The molecule has 0 heterocycles. The van der Waals surface area contributed by atoms with Crippen LogP contribution in [-0.4, -0.2) is 31.9 Å². The van der Waals surface area contributed by atoms with Crippen molar-refractivity contribution in [1.29, 1.82) is 0 Å². The summed E-state index contributed by atoms with van der Waals surface area (Å²) in [5.74, 6) is 0.261. The van der Waals surface area contributed by atoms with Gasteiger partial charge < -0.3 is 5.73 Å². The van der Waals surface area contributed by atoms with Gasteiger partial charge in [0.05, 0.1) is 0 Å². The average Bonchev–Trinajstić information content (AvgIpc) is 2.17. The molecule has 90 valence electrons. The fourth-order valence-electron chi connectivity index (χ4n) is 2.45. The van der Waals surface area contributed by atoms with E-state index in [0.717, 1.165) is 25.7 Å². The molecule has 1 aliphatic carbocycles. The quantitative estimate of drug-likeness (QED) is 0.720. The van der Waals surface area contributed by atoms with Crippen LogP contribution in [0.2, 0.25) is 0 Å². The van der Waals surface area contributed by atoms with Crippen molar-refractivity contribution in [2.45, 2.75) is 38.6 Å². The van der Waals surface area contributed by atoms with Crippen molar-refractivity contribution >= 4 is 10.2 Å². The number of hydrogen-bond acceptors (Lipinski definition) is 3. The standard InChI is InChI=1S/C9H21N3O2S/c1-2-12(15(11,13)14)9-6-4-3-5-8(9)7-10/h8-9H,2-7,10H2,1H3,(H2,11,13,14). The first-order valence-electron chi connectivity index (χ1n) is 5.50. The molecule has 0 aromatic rings. The van der Waals surface area contributed by atoms with E-state index in [-0.39, 0.29) is 12.0 Å². The number of nitrogens with zero attached hydrogens (tertiary/aromatic N) is 1. The molecule has 2 atom stereocenters. The van der Waals surface area contributed by atoms with Crippen molar-refractivity contribution in [3.63, 3.8) is 0 Å². The lowest BCUT2D eigenvalue weighted by atomic mass is 9.84. The summed E-state index contributed by atoms with van der Waals surface area (Å²) in [6, 6.07) is 0.00347. The van der Waals surface area contributed by atoms with Crippen LogP contribution in [0.15, 0.2) is 0 Å². The van der Waals surface area contributed by atoms with Crippen LogP contribution in [0.25, 0.3) is 0 Å². The Morgan fingerprint density at radius 3 is 2.40 bits per heavy atom. The molecular weight excluding hydrogens is 214 g/mol. The van der Waals surface area contributed by atoms with Crippen LogP contribution in [0.1, 0.15) is 32.6 Å². The number of rotatable bonds is 4. The zero-order chi connectivity index (χ0) is 11.5. The predicted molar refractivity (Wildman–Crippen MR) is 60.3 cm³/mol. The highest BCUT2D eigenvalue weighted by molar-refractivity contribution is 7.86. The minimum absolute atomic E-state index is 0.00347. The molecular formula is C9H21N3O2S. The van der Waals surface area contributed by atoms with Gasteiger partial charge in [-0.05, 0) is 25.3 Å². The molecule has 6 heteroatoms. The van der Waals surface area contributed by atoms with Crippen LogP contribution in [-0.2, 0) is 10.2 Å². The normalized spacial score (nSPS) is 28.3. The van der Waals surface area contributed by atoms with Gasteiger partial charge in [-0.15, -0.1) is 0 Å². The van der Waals surface area contributed by atoms with Crippen LogP contribution >= 0.6 is 0 Å². The Hall–Kier alpha value is -0.170. The van der Waals surface area contributed by atoms with Crippen molar-refractivity contribution in [1.82, 2.24) is 4.31 Å². The topological polar surface area (TPSA) is 89.4 Å². The summed E-state index contributed by atoms with van der Waals surface area (Å²) in [6.45, 7) is 2.78. The lowest BCUT2D eigenvalue weighted by Gasteiger charge is -2.37. The predicted octanol–water partition coefficient (Wildman–Crippen LogP) is 0.0293. The first kappa shape index (κ1) is 12.9. The molecule has 1 saturated carbocycles. The maximum Gasteiger partial charge on any atom is 0.277 e. The van der Waals surface area contributed by atoms with E-state index in [2.05, 4.69) is 0 Å². The van der Waals surface area contributed by atoms with Crippen LogP contribution in [0, 0.1) is 5.92 Å². The molecule has 2 unspecified atom stereocenters. The summed E-state index contributed by atoms with van der Waals surface area (Å²) < 4.78 is 24.2. The van der Waals surface area contributed by atoms with E-state index >= 15 is 0 Å². The Balaban J connectivity index is 2.81. The molecule has 0 spiro atoms. The Labute approximate surface area is 92.0 Å². The molecule has 1 aliphatic rings. The van der Waals surface area contributed by atoms with Gasteiger partial charge in [0, 0.05) is 12.6 Å². The molecule has 0 saturated heterocycles. The monoisotopic (exact) mass is 235 g/mol. The zero-order valence-electron chi connectivity index (χ0n) is 9.22. The summed E-state index contributed by atoms with van der Waals surface area (Å²) in [5, 5.41) is 5.20. The van der Waals surface area contributed by atoms with Crippen LogP contribution in [0.3, 0.4) is 0 Å². The molecule has 15 heavy (non-hydrogen) atoms. The summed E-state index contributed by atoms with van der Waals surface area (Å²) in [4.78, 5) is 0. The second kappa shape index (κ2) is 5.25. The van der Waals surface area contributed by atoms with E-state index in [1.165, 1.54) is 4.31 Å². The molecule has 0 aromatic carbocycles. The molecule has 1 fully saturated rings. The fraction of sp³-hybridized carbons (Fsp3) is 1.00. The minimum atomic E-state index is -3.58. The van der Waals surface area contributed by atoms with Gasteiger partial charge in [0.2, 0.25) is 0 Å². The molecule has 0 bridgehead atoms. The zero-order valence-corrected chi connectivity index (χ0v) is 10.0. The minimum Gasteiger partial charge on any atom is -0.330 e. The molecule has 0 radical (unpaired) electrons. The van der Waals surface area contributed by atoms with Gasteiger partial charge >= 0.3 is 0 Å². The van der Waals surface area contributed by atoms with Crippen molar-refractivity contribution in [3.05, 3.63) is 0 Å². The third-order valence-corrected chi connectivity index (χ3v) is 4.36. The third-order valence-electron chi connectivity index (χ3n) is 3.18. The van der Waals surface area contributed by atoms with Crippen molar-refractivity contribution in [2.24, 2.45) is 16.8 Å². The van der Waals surface area contributed by atoms with Crippen LogP contribution in [0.5, 0.6) is 0 Å². The van der Waals surface area contributed by atoms with Gasteiger partial charge in [-0.1, -0.05) is 19.8 Å². The maximum atomic E-state index is 11.4. The van der Waals surface area contributed by atoms with Crippen molar-refractivity contribution < 1.29 is 8.42 Å². The van der Waals surface area contributed by atoms with Gasteiger partial charge in [-0.3, -0.25) is 0 Å². The van der Waals surface area contributed by atoms with E-state index in [4.69, 9.17) is 10.9 Å². The largest absolute Gasteiger partial charge is 0.330 e. The highest BCUT2D eigenvalue weighted by atomic mass is 32.2. The SMILES string of the molecule is CCN(C1CCCCC1CN)S(N)(=O)=O. The van der Waals surface area contributed by atoms with Gasteiger partial charge in [0.1, 0.15) is 0 Å². The van der Waals surface area contributed by atoms with E-state index < -0.39 is 10.2 Å². The number of nitrogens with two attached hydrogens (primary N) is 2. The van der Waals surface area contributed by atoms with Gasteiger partial charge in [0.15, 0.2) is 0 Å². The van der Waals surface area contributed by atoms with Gasteiger partial charge in [0.25, 0.3) is 10.2 Å². The Bertz CT molecular complexity index is 292. The molecule has 0 aliphatic heterocycles. The Morgan fingerprint density at radius 1 is 1.33 bits per heavy atom. The summed E-state index contributed by atoms with van der Waals surface area (Å²) in [6.07, 6.45) is 4.09. The summed E-state index contributed by atoms with van der Waals surface area (Å²) in [7, 11) is -3.58. The molecule has 4 N–H and O–H groups in total. The molecule has 0 aromatic heterocycles. The van der Waals surface area contributed by atoms with E-state index in [1.54, 1.807) is 0 Å². The van der Waals surface area contributed by atoms with Gasteiger partial charge in [-0.25, -0.2) is 5.14 Å². The second-order valence-electron chi connectivity index (χ2n) is 4.10. The highest BCUT2D eigenvalue weighted by Crippen LogP contribution is 2.28. The van der Waals surface area contributed by atoms with Crippen LogP contribution < -0.4 is 10.9 Å². The van der Waals surface area contributed by atoms with Crippen LogP contribution in [0.4, 0.5) is 0 Å². The first-order chi connectivity index (χ1) is 7.00. The Morgan fingerprint density at radius 2 is 1.93 bits per heavy atom. The maximum absolute atomic E-state index is 11.4. The Kier molecular flexibility index (Phi) is 4.51. The van der Waals surface area contributed by atoms with Crippen molar-refractivity contribution in [2.75, 3.05) is 13.1 Å². The average molecular weight is 235 g/mol. The lowest BCUT2D eigenvalue weighted by Crippen LogP contribution is -2.50. The fourth-order valence-corrected chi connectivity index (χ4v) is 3.46. The first-order valence-corrected chi connectivity index (χ1v) is 7.00.